The van der Waals surface area contributed by atoms with Gasteiger partial charge in [0.1, 0.15) is 10.9 Å². The fourth-order valence-electron chi connectivity index (χ4n) is 5.69. The molecular weight excluding hydrogens is 552 g/mol. The summed E-state index contributed by atoms with van der Waals surface area (Å²) in [4.78, 5) is 57.3. The van der Waals surface area contributed by atoms with E-state index < -0.39 is 22.8 Å². The number of carboxylic acids is 1. The monoisotopic (exact) mass is 584 g/mol. The molecule has 4 aliphatic rings. The van der Waals surface area contributed by atoms with E-state index in [0.29, 0.717) is 54.2 Å². The van der Waals surface area contributed by atoms with Gasteiger partial charge in [0.2, 0.25) is 5.91 Å². The Balaban J connectivity index is 1.47. The maximum absolute atomic E-state index is 13.9. The molecule has 3 amide bonds. The summed E-state index contributed by atoms with van der Waals surface area (Å²) in [6.45, 7) is 0.994. The van der Waals surface area contributed by atoms with Crippen molar-refractivity contribution < 1.29 is 29.0 Å². The summed E-state index contributed by atoms with van der Waals surface area (Å²) < 4.78 is 5.66. The Morgan fingerprint density at radius 1 is 1.07 bits per heavy atom. The summed E-state index contributed by atoms with van der Waals surface area (Å²) >= 11 is 2.58. The maximum atomic E-state index is 13.9. The van der Waals surface area contributed by atoms with Crippen molar-refractivity contribution in [3.8, 4) is 11.3 Å². The van der Waals surface area contributed by atoms with E-state index in [1.807, 2.05) is 0 Å². The molecule has 2 aliphatic carbocycles. The highest BCUT2D eigenvalue weighted by atomic mass is 32.2. The molecule has 4 N–H and O–H groups in total. The van der Waals surface area contributed by atoms with Crippen molar-refractivity contribution in [2.24, 2.45) is 17.6 Å². The molecule has 10 nitrogen and oxygen atoms in total. The molecule has 12 heteroatoms. The molecule has 1 aromatic heterocycles. The van der Waals surface area contributed by atoms with Crippen LogP contribution in [0.4, 0.5) is 0 Å². The van der Waals surface area contributed by atoms with Gasteiger partial charge in [-0.3, -0.25) is 14.4 Å². The number of aromatic nitrogens is 1. The fourth-order valence-corrected chi connectivity index (χ4v) is 8.87. The van der Waals surface area contributed by atoms with Gasteiger partial charge in [-0.2, -0.15) is 0 Å². The summed E-state index contributed by atoms with van der Waals surface area (Å²) in [6.07, 6.45) is 5.48. The lowest BCUT2D eigenvalue weighted by Gasteiger charge is -2.46. The number of carboxylic acid groups (broad SMARTS) is 1. The number of nitrogens with zero attached hydrogens (tertiary/aromatic N) is 2. The van der Waals surface area contributed by atoms with E-state index in [1.165, 1.54) is 11.8 Å². The predicted octanol–water partition coefficient (Wildman–Crippen LogP) is 3.21. The minimum atomic E-state index is -1.04. The molecule has 0 bridgehead atoms. The van der Waals surface area contributed by atoms with Crippen LogP contribution in [0, 0.1) is 11.8 Å². The van der Waals surface area contributed by atoms with Crippen LogP contribution in [0.5, 0.6) is 0 Å². The van der Waals surface area contributed by atoms with Crippen LogP contribution in [0.3, 0.4) is 0 Å². The maximum Gasteiger partial charge on any atom is 0.327 e. The molecule has 0 radical (unpaired) electrons. The quantitative estimate of drug-likeness (QED) is 0.406. The van der Waals surface area contributed by atoms with Crippen LogP contribution in [-0.4, -0.2) is 69.7 Å². The molecule has 212 valence electrons. The number of hydrogen-bond donors (Lipinski definition) is 3. The van der Waals surface area contributed by atoms with Crippen molar-refractivity contribution in [1.29, 1.82) is 0 Å². The second-order valence-corrected chi connectivity index (χ2v) is 13.3. The normalized spacial score (nSPS) is 25.1. The Hall–Kier alpha value is -2.96. The topological polar surface area (TPSA) is 152 Å². The predicted molar refractivity (Wildman–Crippen MR) is 150 cm³/mol. The average molecular weight is 585 g/mol. The lowest BCUT2D eigenvalue weighted by molar-refractivity contribution is -0.153. The van der Waals surface area contributed by atoms with Crippen LogP contribution < -0.4 is 11.1 Å². The molecule has 0 spiro atoms. The number of carbonyl (C=O) groups is 4. The lowest BCUT2D eigenvalue weighted by Crippen LogP contribution is -2.55. The Morgan fingerprint density at radius 2 is 1.77 bits per heavy atom. The van der Waals surface area contributed by atoms with Crippen LogP contribution >= 0.6 is 23.1 Å². The fraction of sp³-hybridized carbons (Fsp3) is 0.536. The summed E-state index contributed by atoms with van der Waals surface area (Å²) in [5, 5.41) is 13.3. The zero-order chi connectivity index (χ0) is 28.0. The van der Waals surface area contributed by atoms with Crippen LogP contribution in [-0.2, 0) is 19.2 Å². The Morgan fingerprint density at radius 3 is 2.38 bits per heavy atom. The number of primary amides is 1. The minimum absolute atomic E-state index is 0.0981. The van der Waals surface area contributed by atoms with Crippen LogP contribution in [0.2, 0.25) is 0 Å². The number of aliphatic carboxylic acids is 1. The number of hydrogen-bond acceptors (Lipinski definition) is 8. The van der Waals surface area contributed by atoms with E-state index in [0.717, 1.165) is 37.0 Å². The summed E-state index contributed by atoms with van der Waals surface area (Å²) in [5.74, 6) is -1.66. The number of carbonyl (C=O) groups excluding carboxylic acids is 3. The highest BCUT2D eigenvalue weighted by molar-refractivity contribution is 8.00. The van der Waals surface area contributed by atoms with E-state index >= 15 is 0 Å². The molecular formula is C28H32N4O6S2. The van der Waals surface area contributed by atoms with Gasteiger partial charge in [-0.15, -0.1) is 23.1 Å². The van der Waals surface area contributed by atoms with Crippen LogP contribution in [0.15, 0.2) is 24.3 Å². The molecule has 3 heterocycles. The van der Waals surface area contributed by atoms with Gasteiger partial charge in [0.05, 0.1) is 10.6 Å². The van der Waals surface area contributed by atoms with Crippen molar-refractivity contribution in [2.75, 3.05) is 19.0 Å². The average Bonchev–Trinajstić information content (AvgIpc) is 3.86. The van der Waals surface area contributed by atoms with Crippen molar-refractivity contribution in [3.63, 3.8) is 0 Å². The Labute approximate surface area is 240 Å². The first-order valence-electron chi connectivity index (χ1n) is 13.8. The van der Waals surface area contributed by atoms with Crippen LogP contribution in [0.1, 0.15) is 70.0 Å². The Bertz CT molecular complexity index is 1330. The second kappa shape index (κ2) is 10.8. The van der Waals surface area contributed by atoms with Gasteiger partial charge >= 0.3 is 5.97 Å². The van der Waals surface area contributed by atoms with Gasteiger partial charge in [-0.05, 0) is 56.6 Å². The zero-order valence-electron chi connectivity index (χ0n) is 22.0. The number of amides is 3. The van der Waals surface area contributed by atoms with Crippen LogP contribution in [0.25, 0.3) is 11.3 Å². The molecule has 40 heavy (non-hydrogen) atoms. The number of thiazole rings is 1. The van der Waals surface area contributed by atoms with Gasteiger partial charge < -0.3 is 25.8 Å². The first-order valence-corrected chi connectivity index (χ1v) is 15.6. The summed E-state index contributed by atoms with van der Waals surface area (Å²) in [5.41, 5.74) is 7.38. The molecule has 2 saturated carbocycles. The first kappa shape index (κ1) is 27.2. The standard InChI is InChI=1S/C28H32N4O6S2/c29-24(34)26-31-22(16-3-5-17(6-4-16)25(35)30-19-7-8-19)23(40-26)28(18-9-11-38-12-10-18)32(20(14-39-28)27(36)37)21(33)13-15-1-2-15/h3-6,15,18-20H,1-2,7-14H2,(H2,29,34)(H,30,35)(H,36,37). The third-order valence-electron chi connectivity index (χ3n) is 8.12. The summed E-state index contributed by atoms with van der Waals surface area (Å²) in [7, 11) is 0. The first-order chi connectivity index (χ1) is 19.3. The van der Waals surface area contributed by atoms with Crippen molar-refractivity contribution in [3.05, 3.63) is 39.7 Å². The van der Waals surface area contributed by atoms with E-state index in [9.17, 15) is 24.3 Å². The minimum Gasteiger partial charge on any atom is -0.480 e. The zero-order valence-corrected chi connectivity index (χ0v) is 23.6. The number of thioether (sulfide) groups is 1. The number of nitrogens with two attached hydrogens (primary N) is 1. The number of rotatable bonds is 9. The van der Waals surface area contributed by atoms with Crippen molar-refractivity contribution in [2.45, 2.75) is 61.9 Å². The van der Waals surface area contributed by atoms with E-state index in [4.69, 9.17) is 10.5 Å². The van der Waals surface area contributed by atoms with Crippen molar-refractivity contribution in [1.82, 2.24) is 15.2 Å². The molecule has 6 rings (SSSR count). The van der Waals surface area contributed by atoms with E-state index in [1.54, 1.807) is 29.2 Å². The van der Waals surface area contributed by atoms with Gasteiger partial charge in [0, 0.05) is 48.5 Å². The van der Waals surface area contributed by atoms with Crippen molar-refractivity contribution >= 4 is 46.8 Å². The van der Waals surface area contributed by atoms with Gasteiger partial charge in [-0.25, -0.2) is 9.78 Å². The largest absolute Gasteiger partial charge is 0.480 e. The van der Waals surface area contributed by atoms with Gasteiger partial charge in [0.15, 0.2) is 5.01 Å². The van der Waals surface area contributed by atoms with Gasteiger partial charge in [-0.1, -0.05) is 12.1 Å². The smallest absolute Gasteiger partial charge is 0.327 e. The number of benzene rings is 1. The molecule has 4 fully saturated rings. The van der Waals surface area contributed by atoms with E-state index in [-0.39, 0.29) is 40.5 Å². The third-order valence-corrected chi connectivity index (χ3v) is 11.1. The second-order valence-electron chi connectivity index (χ2n) is 11.0. The SMILES string of the molecule is NC(=O)c1nc(-c2ccc(C(=O)NC3CC3)cc2)c(C2(C3CCOCC3)SCC(C(=O)O)N2C(=O)CC2CC2)s1. The molecule has 2 aromatic rings. The molecule has 2 atom stereocenters. The highest BCUT2D eigenvalue weighted by Gasteiger charge is 2.59. The Kier molecular flexibility index (Phi) is 7.34. The summed E-state index contributed by atoms with van der Waals surface area (Å²) in [6, 6.07) is 6.24. The third kappa shape index (κ3) is 5.12. The molecule has 2 saturated heterocycles. The van der Waals surface area contributed by atoms with Gasteiger partial charge in [0.25, 0.3) is 11.8 Å². The highest BCUT2D eigenvalue weighted by Crippen LogP contribution is 2.59. The number of nitrogens with one attached hydrogen (secondary N) is 1. The number of ether oxygens (including phenoxy) is 1. The molecule has 1 aromatic carbocycles. The molecule has 2 unspecified atom stereocenters. The molecule has 2 aliphatic heterocycles. The van der Waals surface area contributed by atoms with E-state index in [2.05, 4.69) is 10.3 Å². The lowest BCUT2D eigenvalue weighted by atomic mass is 9.86.